The van der Waals surface area contributed by atoms with Crippen LogP contribution in [0.3, 0.4) is 0 Å². The maximum Gasteiger partial charge on any atom is 1.00 e. The molecule has 0 rings (SSSR count). The van der Waals surface area contributed by atoms with E-state index >= 15 is 0 Å². The minimum atomic E-state index is -0.402. The Morgan fingerprint density at radius 3 is 1.21 bits per heavy atom. The normalized spacial score (nSPS) is 11.9. The van der Waals surface area contributed by atoms with Crippen LogP contribution < -0.4 is 58.2 Å². The predicted molar refractivity (Wildman–Crippen MR) is 54.7 cm³/mol. The summed E-state index contributed by atoms with van der Waals surface area (Å²) in [6.45, 7) is 11.0. The van der Waals surface area contributed by atoms with Crippen LogP contribution in [0.4, 0.5) is 0 Å². The van der Waals surface area contributed by atoms with E-state index in [0.717, 1.165) is 0 Å². The molecule has 0 fully saturated rings. The van der Waals surface area contributed by atoms with Crippen molar-refractivity contribution in [3.8, 4) is 0 Å². The molecule has 0 N–H and O–H groups in total. The van der Waals surface area contributed by atoms with Gasteiger partial charge >= 0.3 is 58.2 Å². The number of carbonyl (C=O) groups is 2. The Morgan fingerprint density at radius 2 is 1.07 bits per heavy atom. The first-order valence-electron chi connectivity index (χ1n) is 4.62. The van der Waals surface area contributed by atoms with Gasteiger partial charge < -0.3 is 1.43 Å². The van der Waals surface area contributed by atoms with E-state index in [0.29, 0.717) is 0 Å². The van der Waals surface area contributed by atoms with Crippen molar-refractivity contribution in [3.63, 3.8) is 0 Å². The monoisotopic (exact) mass is 270 g/mol. The minimum Gasteiger partial charge on any atom is -1.00 e. The van der Waals surface area contributed by atoms with Crippen LogP contribution >= 0.6 is 0 Å². The van der Waals surface area contributed by atoms with Crippen molar-refractivity contribution < 1.29 is 69.2 Å². The van der Waals surface area contributed by atoms with E-state index < -0.39 is 10.8 Å². The van der Waals surface area contributed by atoms with Crippen LogP contribution in [0.15, 0.2) is 0 Å². The topological polar surface area (TPSA) is 34.1 Å². The van der Waals surface area contributed by atoms with E-state index in [2.05, 4.69) is 0 Å². The summed E-state index contributed by atoms with van der Waals surface area (Å²) in [6, 6.07) is 0. The number of hydrogen-bond donors (Lipinski definition) is 0. The smallest absolute Gasteiger partial charge is 1.00 e. The summed E-state index contributed by atoms with van der Waals surface area (Å²) in [6.07, 6.45) is 0.0625. The van der Waals surface area contributed by atoms with Crippen molar-refractivity contribution in [1.82, 2.24) is 0 Å². The molecule has 0 atom stereocenters. The number of rotatable bonds is 2. The SMILES string of the molecule is CC(C)(C)C(=O)CC(=O)C(C)(C)C.[H-].[Rb+]. The molecule has 0 aromatic carbocycles. The molecule has 0 aliphatic heterocycles. The summed E-state index contributed by atoms with van der Waals surface area (Å²) in [5, 5.41) is 0. The summed E-state index contributed by atoms with van der Waals surface area (Å²) in [5.74, 6) is 0.0415. The maximum atomic E-state index is 11.5. The van der Waals surface area contributed by atoms with Gasteiger partial charge in [-0.1, -0.05) is 41.5 Å². The maximum absolute atomic E-state index is 11.5. The Kier molecular flexibility index (Phi) is 7.54. The molecule has 0 aromatic heterocycles. The molecular weight excluding hydrogens is 250 g/mol. The van der Waals surface area contributed by atoms with E-state index in [9.17, 15) is 9.59 Å². The molecule has 0 saturated heterocycles. The van der Waals surface area contributed by atoms with Gasteiger partial charge in [-0.2, -0.15) is 0 Å². The third-order valence-electron chi connectivity index (χ3n) is 1.99. The molecule has 2 nitrogen and oxygen atoms in total. The van der Waals surface area contributed by atoms with Crippen LogP contribution in [0.2, 0.25) is 0 Å². The molecule has 0 aliphatic rings. The number of Topliss-reactive ketones (excluding diaryl/α,β-unsaturated/α-hetero) is 2. The van der Waals surface area contributed by atoms with Crippen LogP contribution in [-0.4, -0.2) is 11.6 Å². The Bertz CT molecular complexity index is 200. The van der Waals surface area contributed by atoms with Crippen molar-refractivity contribution in [3.05, 3.63) is 0 Å². The molecule has 0 radical (unpaired) electrons. The van der Waals surface area contributed by atoms with Gasteiger partial charge in [0.1, 0.15) is 11.6 Å². The van der Waals surface area contributed by atoms with E-state index in [4.69, 9.17) is 0 Å². The van der Waals surface area contributed by atoms with E-state index in [-0.39, 0.29) is 77.6 Å². The average Bonchev–Trinajstić information content (AvgIpc) is 1.82. The van der Waals surface area contributed by atoms with Gasteiger partial charge in [-0.25, -0.2) is 0 Å². The number of carbonyl (C=O) groups excluding carboxylic acids is 2. The predicted octanol–water partition coefficient (Wildman–Crippen LogP) is -0.277. The molecule has 3 heteroatoms. The second kappa shape index (κ2) is 6.02. The Hall–Kier alpha value is 1.15. The van der Waals surface area contributed by atoms with Gasteiger partial charge in [0.2, 0.25) is 0 Å². The van der Waals surface area contributed by atoms with Gasteiger partial charge in [0.25, 0.3) is 0 Å². The summed E-state index contributed by atoms with van der Waals surface area (Å²) in [5.41, 5.74) is -0.804. The molecule has 0 saturated carbocycles. The van der Waals surface area contributed by atoms with E-state index in [1.54, 1.807) is 0 Å². The van der Waals surface area contributed by atoms with Crippen LogP contribution in [0.1, 0.15) is 49.4 Å². The van der Waals surface area contributed by atoms with E-state index in [1.165, 1.54) is 0 Å². The summed E-state index contributed by atoms with van der Waals surface area (Å²) in [7, 11) is 0. The van der Waals surface area contributed by atoms with Crippen LogP contribution in [0.25, 0.3) is 0 Å². The second-order valence-corrected chi connectivity index (χ2v) is 5.52. The Morgan fingerprint density at radius 1 is 0.857 bits per heavy atom. The summed E-state index contributed by atoms with van der Waals surface area (Å²) < 4.78 is 0. The van der Waals surface area contributed by atoms with Gasteiger partial charge in [0.05, 0.1) is 6.42 Å². The quantitative estimate of drug-likeness (QED) is 0.647. The molecule has 0 amide bonds. The van der Waals surface area contributed by atoms with Crippen LogP contribution in [0, 0.1) is 10.8 Å². The van der Waals surface area contributed by atoms with E-state index in [1.807, 2.05) is 41.5 Å². The standard InChI is InChI=1S/C11H20O2.Rb.H/c1-10(2,3)8(12)7-9(13)11(4,5)6;;/h7H2,1-6H3;;/q;+1;-1. The van der Waals surface area contributed by atoms with Crippen LogP contribution in [0.5, 0.6) is 0 Å². The van der Waals surface area contributed by atoms with Crippen molar-refractivity contribution in [2.45, 2.75) is 48.0 Å². The first-order valence-corrected chi connectivity index (χ1v) is 4.62. The third kappa shape index (κ3) is 6.60. The molecule has 14 heavy (non-hydrogen) atoms. The summed E-state index contributed by atoms with van der Waals surface area (Å²) >= 11 is 0. The van der Waals surface area contributed by atoms with Crippen molar-refractivity contribution in [2.75, 3.05) is 0 Å². The Labute approximate surface area is 137 Å². The second-order valence-electron chi connectivity index (χ2n) is 5.52. The van der Waals surface area contributed by atoms with Gasteiger partial charge in [0, 0.05) is 10.8 Å². The fraction of sp³-hybridized carbons (Fsp3) is 0.818. The van der Waals surface area contributed by atoms with Crippen molar-refractivity contribution >= 4 is 11.6 Å². The van der Waals surface area contributed by atoms with Crippen molar-refractivity contribution in [2.24, 2.45) is 10.8 Å². The first-order chi connectivity index (χ1) is 5.55. The summed E-state index contributed by atoms with van der Waals surface area (Å²) in [4.78, 5) is 23.0. The minimum absolute atomic E-state index is 0. The molecule has 0 spiro atoms. The number of hydrogen-bond acceptors (Lipinski definition) is 2. The molecule has 0 heterocycles. The van der Waals surface area contributed by atoms with Gasteiger partial charge in [-0.3, -0.25) is 9.59 Å². The fourth-order valence-electron chi connectivity index (χ4n) is 0.676. The average molecular weight is 271 g/mol. The molecule has 78 valence electrons. The zero-order chi connectivity index (χ0) is 10.9. The molecule has 0 unspecified atom stereocenters. The van der Waals surface area contributed by atoms with Crippen molar-refractivity contribution in [1.29, 1.82) is 0 Å². The molecule has 0 aliphatic carbocycles. The largest absolute Gasteiger partial charge is 1.00 e. The van der Waals surface area contributed by atoms with Crippen LogP contribution in [-0.2, 0) is 9.59 Å². The molecule has 0 aromatic rings. The van der Waals surface area contributed by atoms with Gasteiger partial charge in [-0.15, -0.1) is 0 Å². The molecule has 0 bridgehead atoms. The van der Waals surface area contributed by atoms with Gasteiger partial charge in [0.15, 0.2) is 0 Å². The molecular formula is C11H21O2Rb. The van der Waals surface area contributed by atoms with Gasteiger partial charge in [-0.05, 0) is 0 Å². The fourth-order valence-corrected chi connectivity index (χ4v) is 0.676. The Balaban J connectivity index is -0.000000720. The number of ketones is 2. The first kappa shape index (κ1) is 17.5. The zero-order valence-electron chi connectivity index (χ0n) is 11.5. The third-order valence-corrected chi connectivity index (χ3v) is 1.99. The zero-order valence-corrected chi connectivity index (χ0v) is 15.4.